The SMILES string of the molecule is Clc1cnnnc1Cl.O=[P+](O)O. The van der Waals surface area contributed by atoms with Gasteiger partial charge in [0, 0.05) is 4.57 Å². The molecule has 1 rings (SSSR count). The fraction of sp³-hybridized carbons (Fsp3) is 0. The predicted octanol–water partition coefficient (Wildman–Crippen LogP) is 0.807. The van der Waals surface area contributed by atoms with Crippen molar-refractivity contribution in [2.24, 2.45) is 0 Å². The minimum Gasteiger partial charge on any atom is -0.137 e. The molecule has 0 unspecified atom stereocenters. The lowest BCUT2D eigenvalue weighted by atomic mass is 10.7. The van der Waals surface area contributed by atoms with Crippen LogP contribution in [0.2, 0.25) is 10.2 Å². The molecule has 0 amide bonds. The molecule has 0 radical (unpaired) electrons. The predicted molar refractivity (Wildman–Crippen MR) is 41.9 cm³/mol. The van der Waals surface area contributed by atoms with Gasteiger partial charge in [0.15, 0.2) is 5.15 Å². The van der Waals surface area contributed by atoms with E-state index in [2.05, 4.69) is 15.4 Å². The van der Waals surface area contributed by atoms with E-state index in [1.807, 2.05) is 0 Å². The van der Waals surface area contributed by atoms with Crippen molar-refractivity contribution in [2.45, 2.75) is 0 Å². The van der Waals surface area contributed by atoms with Gasteiger partial charge in [0.05, 0.1) is 6.20 Å². The Morgan fingerprint density at radius 3 is 2.17 bits per heavy atom. The summed E-state index contributed by atoms with van der Waals surface area (Å²) >= 11 is 10.8. The van der Waals surface area contributed by atoms with Crippen LogP contribution in [0.4, 0.5) is 0 Å². The lowest BCUT2D eigenvalue weighted by Gasteiger charge is -1.84. The summed E-state index contributed by atoms with van der Waals surface area (Å²) in [6, 6.07) is 0. The Morgan fingerprint density at radius 1 is 1.42 bits per heavy atom. The number of hydrogen-bond acceptors (Lipinski definition) is 4. The van der Waals surface area contributed by atoms with Crippen LogP contribution in [0.3, 0.4) is 0 Å². The lowest BCUT2D eigenvalue weighted by molar-refractivity contribution is 0.405. The minimum atomic E-state index is -2.87. The molecule has 0 spiro atoms. The van der Waals surface area contributed by atoms with Gasteiger partial charge in [-0.1, -0.05) is 23.2 Å². The summed E-state index contributed by atoms with van der Waals surface area (Å²) in [5.74, 6) is 0. The zero-order valence-corrected chi connectivity index (χ0v) is 7.83. The van der Waals surface area contributed by atoms with Crippen molar-refractivity contribution in [3.05, 3.63) is 16.4 Å². The summed E-state index contributed by atoms with van der Waals surface area (Å²) in [4.78, 5) is 14.2. The third-order valence-electron chi connectivity index (χ3n) is 0.552. The van der Waals surface area contributed by atoms with Crippen molar-refractivity contribution in [1.29, 1.82) is 0 Å². The van der Waals surface area contributed by atoms with E-state index in [9.17, 15) is 0 Å². The molecule has 0 saturated carbocycles. The average molecular weight is 231 g/mol. The molecule has 0 saturated heterocycles. The molecule has 12 heavy (non-hydrogen) atoms. The highest BCUT2D eigenvalue weighted by atomic mass is 35.5. The molecule has 66 valence electrons. The summed E-state index contributed by atoms with van der Waals surface area (Å²) in [5.41, 5.74) is 0. The molecule has 1 aromatic heterocycles. The van der Waals surface area contributed by atoms with Crippen molar-refractivity contribution < 1.29 is 14.4 Å². The fourth-order valence-corrected chi connectivity index (χ4v) is 0.407. The molecule has 0 aliphatic rings. The highest BCUT2D eigenvalue weighted by molar-refractivity contribution is 7.30. The van der Waals surface area contributed by atoms with Gasteiger partial charge in [0.1, 0.15) is 5.02 Å². The van der Waals surface area contributed by atoms with Crippen molar-refractivity contribution in [2.75, 3.05) is 0 Å². The van der Waals surface area contributed by atoms with Gasteiger partial charge in [-0.3, -0.25) is 0 Å². The zero-order valence-electron chi connectivity index (χ0n) is 5.42. The average Bonchev–Trinajstić information content (AvgIpc) is 1.94. The normalized spacial score (nSPS) is 8.33. The van der Waals surface area contributed by atoms with E-state index in [1.54, 1.807) is 0 Å². The largest absolute Gasteiger partial charge is 0.692 e. The number of halogens is 2. The Bertz CT molecular complexity index is 248. The first kappa shape index (κ1) is 11.6. The van der Waals surface area contributed by atoms with Gasteiger partial charge in [-0.15, -0.1) is 20.0 Å². The molecule has 0 atom stereocenters. The van der Waals surface area contributed by atoms with Crippen LogP contribution in [0.25, 0.3) is 0 Å². The standard InChI is InChI=1S/C3HCl2N3.HO3P/c4-2-1-6-8-7-3(2)5;1-4(2)3/h1H;(H-,1,2,3)/p+1. The molecule has 1 heterocycles. The second-order valence-electron chi connectivity index (χ2n) is 1.33. The molecule has 0 aromatic carbocycles. The summed E-state index contributed by atoms with van der Waals surface area (Å²) in [7, 11) is -2.87. The van der Waals surface area contributed by atoms with Crippen LogP contribution >= 0.6 is 31.5 Å². The highest BCUT2D eigenvalue weighted by Gasteiger charge is 1.94. The van der Waals surface area contributed by atoms with Crippen LogP contribution in [-0.2, 0) is 4.57 Å². The van der Waals surface area contributed by atoms with Gasteiger partial charge in [-0.2, -0.15) is 0 Å². The number of aromatic nitrogens is 3. The van der Waals surface area contributed by atoms with Crippen molar-refractivity contribution in [3.8, 4) is 0 Å². The van der Waals surface area contributed by atoms with Crippen LogP contribution < -0.4 is 0 Å². The second-order valence-corrected chi connectivity index (χ2v) is 2.60. The molecule has 0 aliphatic carbocycles. The topological polar surface area (TPSA) is 96.2 Å². The van der Waals surface area contributed by atoms with E-state index in [0.717, 1.165) is 0 Å². The van der Waals surface area contributed by atoms with Crippen LogP contribution in [0, 0.1) is 0 Å². The molecule has 0 bridgehead atoms. The van der Waals surface area contributed by atoms with Crippen LogP contribution in [0.5, 0.6) is 0 Å². The summed E-state index contributed by atoms with van der Waals surface area (Å²) in [6.45, 7) is 0. The van der Waals surface area contributed by atoms with Crippen LogP contribution in [-0.4, -0.2) is 25.2 Å². The first-order valence-electron chi connectivity index (χ1n) is 2.38. The molecule has 0 aliphatic heterocycles. The van der Waals surface area contributed by atoms with E-state index in [-0.39, 0.29) is 5.15 Å². The second kappa shape index (κ2) is 6.16. The Labute approximate surface area is 78.1 Å². The number of rotatable bonds is 0. The maximum atomic E-state index is 8.70. The Morgan fingerprint density at radius 2 is 1.92 bits per heavy atom. The maximum absolute atomic E-state index is 8.70. The molecule has 2 N–H and O–H groups in total. The van der Waals surface area contributed by atoms with E-state index >= 15 is 0 Å². The van der Waals surface area contributed by atoms with Crippen LogP contribution in [0.15, 0.2) is 6.20 Å². The third kappa shape index (κ3) is 6.33. The van der Waals surface area contributed by atoms with Gasteiger partial charge in [-0.05, 0) is 5.21 Å². The summed E-state index contributed by atoms with van der Waals surface area (Å²) < 4.78 is 8.70. The molecular weight excluding hydrogens is 228 g/mol. The minimum absolute atomic E-state index is 0.182. The van der Waals surface area contributed by atoms with E-state index in [0.29, 0.717) is 5.02 Å². The first-order valence-corrected chi connectivity index (χ1v) is 4.30. The van der Waals surface area contributed by atoms with E-state index in [4.69, 9.17) is 37.6 Å². The fourth-order valence-electron chi connectivity index (χ4n) is 0.243. The quantitative estimate of drug-likeness (QED) is 0.641. The van der Waals surface area contributed by atoms with Gasteiger partial charge in [0.2, 0.25) is 0 Å². The number of nitrogens with zero attached hydrogens (tertiary/aromatic N) is 3. The van der Waals surface area contributed by atoms with Crippen LogP contribution in [0.1, 0.15) is 0 Å². The monoisotopic (exact) mass is 230 g/mol. The van der Waals surface area contributed by atoms with Gasteiger partial charge >= 0.3 is 8.25 Å². The van der Waals surface area contributed by atoms with Crippen molar-refractivity contribution in [1.82, 2.24) is 15.4 Å². The lowest BCUT2D eigenvalue weighted by Crippen LogP contribution is -1.84. The summed E-state index contributed by atoms with van der Waals surface area (Å²) in [5, 5.41) is 10.5. The van der Waals surface area contributed by atoms with Gasteiger partial charge < -0.3 is 0 Å². The first-order chi connectivity index (χ1) is 5.54. The van der Waals surface area contributed by atoms with Crippen molar-refractivity contribution in [3.63, 3.8) is 0 Å². The van der Waals surface area contributed by atoms with Crippen molar-refractivity contribution >= 4 is 31.5 Å². The molecule has 1 aromatic rings. The maximum Gasteiger partial charge on any atom is 0.692 e. The van der Waals surface area contributed by atoms with E-state index < -0.39 is 8.25 Å². The third-order valence-corrected chi connectivity index (χ3v) is 1.20. The smallest absolute Gasteiger partial charge is 0.137 e. The zero-order chi connectivity index (χ0) is 9.56. The Kier molecular flexibility index (Phi) is 5.96. The number of hydrogen-bond donors (Lipinski definition) is 2. The molecule has 0 fully saturated rings. The van der Waals surface area contributed by atoms with Gasteiger partial charge in [-0.25, -0.2) is 0 Å². The highest BCUT2D eigenvalue weighted by Crippen LogP contribution is 2.13. The Hall–Kier alpha value is -0.390. The summed E-state index contributed by atoms with van der Waals surface area (Å²) in [6.07, 6.45) is 1.33. The van der Waals surface area contributed by atoms with Gasteiger partial charge in [0.25, 0.3) is 0 Å². The Balaban J connectivity index is 0.000000261. The molecular formula is C3H3Cl2N3O3P+. The molecule has 9 heteroatoms. The molecule has 6 nitrogen and oxygen atoms in total. The van der Waals surface area contributed by atoms with E-state index in [1.165, 1.54) is 6.20 Å².